The molecule has 0 unspecified atom stereocenters. The van der Waals surface area contributed by atoms with Gasteiger partial charge in [-0.05, 0) is 113 Å². The number of anilines is 2. The van der Waals surface area contributed by atoms with Crippen LogP contribution in [0.5, 0.6) is 0 Å². The van der Waals surface area contributed by atoms with E-state index >= 15 is 0 Å². The Morgan fingerprint density at radius 2 is 1.76 bits per heavy atom. The van der Waals surface area contributed by atoms with Crippen molar-refractivity contribution in [1.29, 1.82) is 0 Å². The first kappa shape index (κ1) is 24.1. The van der Waals surface area contributed by atoms with Gasteiger partial charge < -0.3 is 4.90 Å². The predicted octanol–water partition coefficient (Wildman–Crippen LogP) is 5.64. The van der Waals surface area contributed by atoms with Gasteiger partial charge in [-0.1, -0.05) is 24.6 Å². The lowest BCUT2D eigenvalue weighted by Crippen LogP contribution is -2.54. The molecule has 1 atom stereocenters. The molecule has 1 N–H and O–H groups in total. The maximum Gasteiger partial charge on any atom is 0.270 e. The van der Waals surface area contributed by atoms with E-state index in [0.717, 1.165) is 23.1 Å². The molecular formula is C28H33N3O2S. The summed E-state index contributed by atoms with van der Waals surface area (Å²) in [5.74, 6) is -0.508. The van der Waals surface area contributed by atoms with Crippen LogP contribution in [0.25, 0.3) is 6.08 Å². The van der Waals surface area contributed by atoms with Gasteiger partial charge in [0.2, 0.25) is 0 Å². The first-order valence-corrected chi connectivity index (χ1v) is 12.2. The van der Waals surface area contributed by atoms with Gasteiger partial charge in [-0.3, -0.25) is 19.8 Å². The summed E-state index contributed by atoms with van der Waals surface area (Å²) in [6.07, 6.45) is 2.74. The summed E-state index contributed by atoms with van der Waals surface area (Å²) in [6, 6.07) is 12.2. The number of hydrogen-bond acceptors (Lipinski definition) is 4. The van der Waals surface area contributed by atoms with Gasteiger partial charge in [-0.25, -0.2) is 0 Å². The zero-order valence-corrected chi connectivity index (χ0v) is 21.8. The van der Waals surface area contributed by atoms with Crippen molar-refractivity contribution in [2.75, 3.05) is 9.80 Å². The number of amides is 2. The minimum absolute atomic E-state index is 0.0520. The zero-order chi connectivity index (χ0) is 24.9. The van der Waals surface area contributed by atoms with Crippen LogP contribution >= 0.6 is 12.2 Å². The highest BCUT2D eigenvalue weighted by Gasteiger charge is 2.38. The van der Waals surface area contributed by atoms with Crippen molar-refractivity contribution in [3.8, 4) is 0 Å². The number of benzene rings is 2. The van der Waals surface area contributed by atoms with Crippen molar-refractivity contribution in [1.82, 2.24) is 5.32 Å². The third-order valence-electron chi connectivity index (χ3n) is 6.87. The largest absolute Gasteiger partial charge is 0.364 e. The number of hydrogen-bond donors (Lipinski definition) is 1. The minimum Gasteiger partial charge on any atom is -0.364 e. The standard InChI is InChI=1S/C28H33N3O2S/c1-16(2)31-24-12-18(4)20(13-22(24)19(5)15-28(31,6)7)14-23-25(32)29-27(34)30(26(23)33)21-10-8-17(3)9-11-21/h8-14,16,19H,15H2,1-7H3,(H,29,32,34)/b23-14+/t19-/m0/s1. The van der Waals surface area contributed by atoms with Gasteiger partial charge in [0.1, 0.15) is 5.57 Å². The van der Waals surface area contributed by atoms with Crippen molar-refractivity contribution < 1.29 is 9.59 Å². The topological polar surface area (TPSA) is 52.7 Å². The third kappa shape index (κ3) is 4.16. The summed E-state index contributed by atoms with van der Waals surface area (Å²) in [5, 5.41) is 2.79. The maximum atomic E-state index is 13.4. The van der Waals surface area contributed by atoms with E-state index in [1.54, 1.807) is 6.08 Å². The molecule has 2 aromatic carbocycles. The highest BCUT2D eigenvalue weighted by molar-refractivity contribution is 7.80. The van der Waals surface area contributed by atoms with E-state index in [0.29, 0.717) is 17.6 Å². The molecule has 2 aliphatic rings. The quantitative estimate of drug-likeness (QED) is 0.355. The molecule has 0 aliphatic carbocycles. The van der Waals surface area contributed by atoms with E-state index in [2.05, 4.69) is 57.0 Å². The van der Waals surface area contributed by atoms with E-state index in [1.807, 2.05) is 38.1 Å². The van der Waals surface area contributed by atoms with Crippen LogP contribution in [-0.4, -0.2) is 28.5 Å². The van der Waals surface area contributed by atoms with Crippen molar-refractivity contribution >= 4 is 46.6 Å². The second-order valence-corrected chi connectivity index (χ2v) is 10.8. The molecule has 4 rings (SSSR count). The van der Waals surface area contributed by atoms with Crippen LogP contribution in [-0.2, 0) is 9.59 Å². The fourth-order valence-corrected chi connectivity index (χ4v) is 5.77. The molecule has 34 heavy (non-hydrogen) atoms. The summed E-state index contributed by atoms with van der Waals surface area (Å²) in [5.41, 5.74) is 6.24. The van der Waals surface area contributed by atoms with Gasteiger partial charge in [0.05, 0.1) is 5.69 Å². The summed E-state index contributed by atoms with van der Waals surface area (Å²) < 4.78 is 0. The number of nitrogens with zero attached hydrogens (tertiary/aromatic N) is 2. The fourth-order valence-electron chi connectivity index (χ4n) is 5.49. The monoisotopic (exact) mass is 475 g/mol. The molecule has 178 valence electrons. The highest BCUT2D eigenvalue weighted by Crippen LogP contribution is 2.45. The summed E-state index contributed by atoms with van der Waals surface area (Å²) >= 11 is 5.33. The molecule has 2 aromatic rings. The average molecular weight is 476 g/mol. The molecule has 1 fully saturated rings. The van der Waals surface area contributed by atoms with Gasteiger partial charge in [0, 0.05) is 17.3 Å². The number of fused-ring (bicyclic) bond motifs is 1. The Bertz CT molecular complexity index is 1210. The molecule has 0 radical (unpaired) electrons. The van der Waals surface area contributed by atoms with Crippen LogP contribution in [0.15, 0.2) is 42.0 Å². The molecule has 0 aromatic heterocycles. The van der Waals surface area contributed by atoms with Crippen LogP contribution in [0.3, 0.4) is 0 Å². The molecule has 5 nitrogen and oxygen atoms in total. The summed E-state index contributed by atoms with van der Waals surface area (Å²) in [7, 11) is 0. The molecule has 0 saturated carbocycles. The molecule has 1 saturated heterocycles. The molecule has 0 spiro atoms. The average Bonchev–Trinajstić information content (AvgIpc) is 2.72. The number of carbonyl (C=O) groups is 2. The number of carbonyl (C=O) groups excluding carboxylic acids is 2. The first-order chi connectivity index (χ1) is 15.9. The fraction of sp³-hybridized carbons (Fsp3) is 0.393. The molecule has 6 heteroatoms. The zero-order valence-electron chi connectivity index (χ0n) is 21.0. The van der Waals surface area contributed by atoms with Gasteiger partial charge in [0.15, 0.2) is 5.11 Å². The van der Waals surface area contributed by atoms with Crippen molar-refractivity contribution in [3.63, 3.8) is 0 Å². The highest BCUT2D eigenvalue weighted by atomic mass is 32.1. The van der Waals surface area contributed by atoms with E-state index in [-0.39, 0.29) is 16.2 Å². The third-order valence-corrected chi connectivity index (χ3v) is 7.16. The Balaban J connectivity index is 1.78. The SMILES string of the molecule is Cc1ccc(N2C(=O)/C(=C/c3cc4c(cc3C)N(C(C)C)C(C)(C)C[C@@H]4C)C(=O)NC2=S)cc1. The lowest BCUT2D eigenvalue weighted by molar-refractivity contribution is -0.122. The van der Waals surface area contributed by atoms with E-state index in [9.17, 15) is 9.59 Å². The van der Waals surface area contributed by atoms with Crippen molar-refractivity contribution in [3.05, 3.63) is 64.2 Å². The Morgan fingerprint density at radius 1 is 1.12 bits per heavy atom. The normalized spacial score (nSPS) is 21.2. The van der Waals surface area contributed by atoms with Crippen LogP contribution < -0.4 is 15.1 Å². The smallest absolute Gasteiger partial charge is 0.270 e. The van der Waals surface area contributed by atoms with Gasteiger partial charge in [-0.2, -0.15) is 0 Å². The molecule has 2 amide bonds. The number of nitrogens with one attached hydrogen (secondary N) is 1. The lowest BCUT2D eigenvalue weighted by atomic mass is 9.78. The van der Waals surface area contributed by atoms with Crippen LogP contribution in [0.4, 0.5) is 11.4 Å². The van der Waals surface area contributed by atoms with Crippen LogP contribution in [0, 0.1) is 13.8 Å². The number of thiocarbonyl (C=S) groups is 1. The number of aryl methyl sites for hydroxylation is 2. The molecule has 2 aliphatic heterocycles. The second-order valence-electron chi connectivity index (χ2n) is 10.4. The minimum atomic E-state index is -0.464. The Labute approximate surface area is 207 Å². The molecular weight excluding hydrogens is 442 g/mol. The Morgan fingerprint density at radius 3 is 2.38 bits per heavy atom. The second kappa shape index (κ2) is 8.66. The van der Waals surface area contributed by atoms with E-state index < -0.39 is 11.8 Å². The summed E-state index contributed by atoms with van der Waals surface area (Å²) in [6.45, 7) is 15.3. The molecule has 2 heterocycles. The van der Waals surface area contributed by atoms with Crippen molar-refractivity contribution in [2.45, 2.75) is 72.4 Å². The Kier molecular flexibility index (Phi) is 6.15. The van der Waals surface area contributed by atoms with E-state index in [1.165, 1.54) is 16.2 Å². The van der Waals surface area contributed by atoms with Gasteiger partial charge in [0.25, 0.3) is 11.8 Å². The van der Waals surface area contributed by atoms with Gasteiger partial charge >= 0.3 is 0 Å². The lowest BCUT2D eigenvalue weighted by Gasteiger charge is -2.50. The maximum absolute atomic E-state index is 13.4. The first-order valence-electron chi connectivity index (χ1n) is 11.8. The van der Waals surface area contributed by atoms with E-state index in [4.69, 9.17) is 12.2 Å². The van der Waals surface area contributed by atoms with Crippen LogP contribution in [0.2, 0.25) is 0 Å². The Hall–Kier alpha value is -2.99. The number of rotatable bonds is 3. The summed E-state index contributed by atoms with van der Waals surface area (Å²) in [4.78, 5) is 30.1. The van der Waals surface area contributed by atoms with Crippen LogP contribution in [0.1, 0.15) is 69.2 Å². The van der Waals surface area contributed by atoms with Crippen molar-refractivity contribution in [2.24, 2.45) is 0 Å². The predicted molar refractivity (Wildman–Crippen MR) is 143 cm³/mol. The molecule has 0 bridgehead atoms. The van der Waals surface area contributed by atoms with Gasteiger partial charge in [-0.15, -0.1) is 0 Å².